The van der Waals surface area contributed by atoms with Crippen LogP contribution >= 0.6 is 0 Å². The van der Waals surface area contributed by atoms with E-state index in [1.54, 1.807) is 0 Å². The summed E-state index contributed by atoms with van der Waals surface area (Å²) in [6.07, 6.45) is 2.05. The number of hydrogen-bond donors (Lipinski definition) is 0. The smallest absolute Gasteiger partial charge is 0.137 e. The van der Waals surface area contributed by atoms with E-state index in [2.05, 4.69) is 6.92 Å². The van der Waals surface area contributed by atoms with E-state index in [1.807, 2.05) is 31.2 Å². The summed E-state index contributed by atoms with van der Waals surface area (Å²) in [5, 5.41) is 0. The van der Waals surface area contributed by atoms with Crippen LogP contribution in [-0.2, 0) is 11.2 Å². The van der Waals surface area contributed by atoms with Crippen molar-refractivity contribution >= 4 is 5.78 Å². The van der Waals surface area contributed by atoms with Crippen LogP contribution in [0.1, 0.15) is 32.3 Å². The molecule has 0 aliphatic carbocycles. The first-order valence-electron chi connectivity index (χ1n) is 5.50. The van der Waals surface area contributed by atoms with Crippen molar-refractivity contribution in [3.8, 4) is 5.75 Å². The van der Waals surface area contributed by atoms with Crippen LogP contribution in [0.3, 0.4) is 0 Å². The van der Waals surface area contributed by atoms with Gasteiger partial charge in [0.05, 0.1) is 6.61 Å². The molecular formula is C13H18O2. The summed E-state index contributed by atoms with van der Waals surface area (Å²) in [5.41, 5.74) is 0.998. The van der Waals surface area contributed by atoms with E-state index in [-0.39, 0.29) is 5.78 Å². The number of ketones is 1. The average molecular weight is 206 g/mol. The topological polar surface area (TPSA) is 26.3 Å². The van der Waals surface area contributed by atoms with Gasteiger partial charge in [-0.1, -0.05) is 32.0 Å². The Bertz CT molecular complexity index is 318. The summed E-state index contributed by atoms with van der Waals surface area (Å²) in [6, 6.07) is 7.76. The number of Topliss-reactive ketones (excluding diaryl/α,β-unsaturated/α-hetero) is 1. The largest absolute Gasteiger partial charge is 0.493 e. The number of carbonyl (C=O) groups is 1. The fourth-order valence-electron chi connectivity index (χ4n) is 1.34. The van der Waals surface area contributed by atoms with Crippen molar-refractivity contribution in [1.29, 1.82) is 0 Å². The monoisotopic (exact) mass is 206 g/mol. The van der Waals surface area contributed by atoms with E-state index < -0.39 is 0 Å². The predicted molar refractivity (Wildman–Crippen MR) is 61.2 cm³/mol. The lowest BCUT2D eigenvalue weighted by Gasteiger charge is -2.09. The maximum Gasteiger partial charge on any atom is 0.137 e. The highest BCUT2D eigenvalue weighted by atomic mass is 16.5. The fraction of sp³-hybridized carbons (Fsp3) is 0.462. The molecule has 0 atom stereocenters. The van der Waals surface area contributed by atoms with Crippen molar-refractivity contribution in [3.05, 3.63) is 29.8 Å². The Labute approximate surface area is 91.3 Å². The van der Waals surface area contributed by atoms with Gasteiger partial charge >= 0.3 is 0 Å². The Balaban J connectivity index is 2.72. The first kappa shape index (κ1) is 11.8. The summed E-state index contributed by atoms with van der Waals surface area (Å²) in [5.74, 6) is 1.10. The minimum atomic E-state index is 0.252. The standard InChI is InChI=1S/C13H18O2/c1-3-9-15-13-8-6-5-7-11(13)10-12(14)4-2/h5-8H,3-4,9-10H2,1-2H3. The second kappa shape index (κ2) is 6.23. The molecule has 2 heteroatoms. The highest BCUT2D eigenvalue weighted by molar-refractivity contribution is 5.81. The summed E-state index contributed by atoms with van der Waals surface area (Å²) >= 11 is 0. The molecule has 0 radical (unpaired) electrons. The SMILES string of the molecule is CCCOc1ccccc1CC(=O)CC. The molecule has 1 aromatic carbocycles. The summed E-state index contributed by atoms with van der Waals surface area (Å²) < 4.78 is 5.58. The molecule has 0 saturated carbocycles. The molecule has 82 valence electrons. The van der Waals surface area contributed by atoms with Gasteiger partial charge in [0, 0.05) is 18.4 Å². The third-order valence-corrected chi connectivity index (χ3v) is 2.22. The third kappa shape index (κ3) is 3.74. The van der Waals surface area contributed by atoms with E-state index >= 15 is 0 Å². The third-order valence-electron chi connectivity index (χ3n) is 2.22. The van der Waals surface area contributed by atoms with Gasteiger partial charge in [0.1, 0.15) is 11.5 Å². The molecule has 2 nitrogen and oxygen atoms in total. The zero-order valence-electron chi connectivity index (χ0n) is 9.45. The lowest BCUT2D eigenvalue weighted by Crippen LogP contribution is -2.04. The van der Waals surface area contributed by atoms with Crippen LogP contribution in [0.15, 0.2) is 24.3 Å². The lowest BCUT2D eigenvalue weighted by atomic mass is 10.1. The Morgan fingerprint density at radius 2 is 2.00 bits per heavy atom. The summed E-state index contributed by atoms with van der Waals surface area (Å²) in [4.78, 5) is 11.4. The van der Waals surface area contributed by atoms with Crippen molar-refractivity contribution < 1.29 is 9.53 Å². The van der Waals surface area contributed by atoms with E-state index in [0.29, 0.717) is 19.4 Å². The molecule has 0 spiro atoms. The maximum atomic E-state index is 11.4. The number of para-hydroxylation sites is 1. The van der Waals surface area contributed by atoms with E-state index in [1.165, 1.54) is 0 Å². The Morgan fingerprint density at radius 1 is 1.27 bits per heavy atom. The van der Waals surface area contributed by atoms with Gasteiger partial charge < -0.3 is 4.74 Å². The Kier molecular flexibility index (Phi) is 4.88. The Hall–Kier alpha value is -1.31. The van der Waals surface area contributed by atoms with E-state index in [4.69, 9.17) is 4.74 Å². The number of ether oxygens (including phenoxy) is 1. The molecule has 0 unspecified atom stereocenters. The quantitative estimate of drug-likeness (QED) is 0.715. The van der Waals surface area contributed by atoms with Crippen molar-refractivity contribution in [2.45, 2.75) is 33.1 Å². The van der Waals surface area contributed by atoms with Gasteiger partial charge in [-0.15, -0.1) is 0 Å². The van der Waals surface area contributed by atoms with Gasteiger partial charge in [-0.3, -0.25) is 4.79 Å². The molecular weight excluding hydrogens is 188 g/mol. The highest BCUT2D eigenvalue weighted by Crippen LogP contribution is 2.19. The number of hydrogen-bond acceptors (Lipinski definition) is 2. The molecule has 0 aliphatic heterocycles. The van der Waals surface area contributed by atoms with E-state index in [0.717, 1.165) is 17.7 Å². The van der Waals surface area contributed by atoms with Crippen LogP contribution in [0.25, 0.3) is 0 Å². The molecule has 0 amide bonds. The summed E-state index contributed by atoms with van der Waals surface area (Å²) in [6.45, 7) is 4.66. The minimum Gasteiger partial charge on any atom is -0.493 e. The molecule has 0 fully saturated rings. The molecule has 0 aliphatic rings. The second-order valence-electron chi connectivity index (χ2n) is 3.53. The van der Waals surface area contributed by atoms with Crippen LogP contribution in [0.4, 0.5) is 0 Å². The first-order valence-corrected chi connectivity index (χ1v) is 5.50. The van der Waals surface area contributed by atoms with Gasteiger partial charge in [0.25, 0.3) is 0 Å². The van der Waals surface area contributed by atoms with Crippen molar-refractivity contribution in [3.63, 3.8) is 0 Å². The van der Waals surface area contributed by atoms with Crippen molar-refractivity contribution in [2.75, 3.05) is 6.61 Å². The van der Waals surface area contributed by atoms with Crippen LogP contribution in [-0.4, -0.2) is 12.4 Å². The maximum absolute atomic E-state index is 11.4. The molecule has 0 N–H and O–H groups in total. The van der Waals surface area contributed by atoms with Crippen LogP contribution in [0.2, 0.25) is 0 Å². The van der Waals surface area contributed by atoms with Crippen LogP contribution in [0, 0.1) is 0 Å². The number of carbonyl (C=O) groups excluding carboxylic acids is 1. The van der Waals surface area contributed by atoms with Gasteiger partial charge in [0.2, 0.25) is 0 Å². The lowest BCUT2D eigenvalue weighted by molar-refractivity contribution is -0.118. The van der Waals surface area contributed by atoms with Crippen LogP contribution in [0.5, 0.6) is 5.75 Å². The fourth-order valence-corrected chi connectivity index (χ4v) is 1.34. The molecule has 0 aromatic heterocycles. The second-order valence-corrected chi connectivity index (χ2v) is 3.53. The summed E-state index contributed by atoms with van der Waals surface area (Å²) in [7, 11) is 0. The number of benzene rings is 1. The van der Waals surface area contributed by atoms with Crippen molar-refractivity contribution in [2.24, 2.45) is 0 Å². The van der Waals surface area contributed by atoms with Crippen molar-refractivity contribution in [1.82, 2.24) is 0 Å². The predicted octanol–water partition coefficient (Wildman–Crippen LogP) is 3.00. The average Bonchev–Trinajstić information content (AvgIpc) is 2.28. The minimum absolute atomic E-state index is 0.252. The van der Waals surface area contributed by atoms with Gasteiger partial charge in [-0.05, 0) is 12.5 Å². The van der Waals surface area contributed by atoms with Gasteiger partial charge in [0.15, 0.2) is 0 Å². The Morgan fingerprint density at radius 3 is 2.67 bits per heavy atom. The normalized spacial score (nSPS) is 10.0. The molecule has 0 saturated heterocycles. The molecule has 1 aromatic rings. The van der Waals surface area contributed by atoms with Crippen LogP contribution < -0.4 is 4.74 Å². The first-order chi connectivity index (χ1) is 7.27. The molecule has 15 heavy (non-hydrogen) atoms. The van der Waals surface area contributed by atoms with Gasteiger partial charge in [-0.2, -0.15) is 0 Å². The molecule has 0 bridgehead atoms. The van der Waals surface area contributed by atoms with E-state index in [9.17, 15) is 4.79 Å². The zero-order chi connectivity index (χ0) is 11.1. The molecule has 0 heterocycles. The highest BCUT2D eigenvalue weighted by Gasteiger charge is 2.06. The zero-order valence-corrected chi connectivity index (χ0v) is 9.45. The van der Waals surface area contributed by atoms with Gasteiger partial charge in [-0.25, -0.2) is 0 Å². The molecule has 1 rings (SSSR count). The number of rotatable bonds is 6.